The van der Waals surface area contributed by atoms with E-state index in [0.717, 1.165) is 42.4 Å². The standard InChI is InChI=1S/C32H54O2/c1-8-9-10-11-12-22(2)26-15-16-27-25-14-13-23-21-24(34-29(33)30(3,4)5)17-19-31(23,6)28(25)18-20-32(26,27)7/h13,22,24-28H,8-12,14-21H2,1-7H3/t22?,24-,25?,26?,27?,28?,31?,32?/m0/s1. The summed E-state index contributed by atoms with van der Waals surface area (Å²) in [6, 6.07) is 0. The van der Waals surface area contributed by atoms with Crippen molar-refractivity contribution < 1.29 is 9.53 Å². The molecule has 8 atom stereocenters. The van der Waals surface area contributed by atoms with Gasteiger partial charge in [0.05, 0.1) is 5.41 Å². The fourth-order valence-electron chi connectivity index (χ4n) is 9.13. The van der Waals surface area contributed by atoms with Crippen LogP contribution in [0.4, 0.5) is 0 Å². The predicted molar refractivity (Wildman–Crippen MR) is 142 cm³/mol. The fourth-order valence-corrected chi connectivity index (χ4v) is 9.13. The van der Waals surface area contributed by atoms with Crippen molar-refractivity contribution in [3.8, 4) is 0 Å². The molecule has 0 aromatic rings. The zero-order valence-corrected chi connectivity index (χ0v) is 23.6. The summed E-state index contributed by atoms with van der Waals surface area (Å²) in [6.45, 7) is 16.1. The van der Waals surface area contributed by atoms with Gasteiger partial charge >= 0.3 is 5.97 Å². The predicted octanol–water partition coefficient (Wildman–Crippen LogP) is 9.13. The second kappa shape index (κ2) is 9.93. The number of carbonyl (C=O) groups excluding carboxylic acids is 1. The van der Waals surface area contributed by atoms with Crippen LogP contribution in [0.25, 0.3) is 0 Å². The lowest BCUT2D eigenvalue weighted by Crippen LogP contribution is -2.51. The van der Waals surface area contributed by atoms with Gasteiger partial charge in [0.15, 0.2) is 0 Å². The topological polar surface area (TPSA) is 26.3 Å². The third kappa shape index (κ3) is 4.78. The highest BCUT2D eigenvalue weighted by atomic mass is 16.5. The normalized spacial score (nSPS) is 40.6. The first-order valence-electron chi connectivity index (χ1n) is 14.9. The first-order valence-corrected chi connectivity index (χ1v) is 14.9. The number of hydrogen-bond donors (Lipinski definition) is 0. The molecule has 0 aliphatic heterocycles. The summed E-state index contributed by atoms with van der Waals surface area (Å²) in [6.07, 6.45) is 20.0. The molecule has 0 aromatic carbocycles. The maximum absolute atomic E-state index is 12.5. The van der Waals surface area contributed by atoms with E-state index in [4.69, 9.17) is 4.74 Å². The molecule has 0 bridgehead atoms. The smallest absolute Gasteiger partial charge is 0.311 e. The molecule has 3 saturated carbocycles. The number of unbranched alkanes of at least 4 members (excludes halogenated alkanes) is 3. The van der Waals surface area contributed by atoms with E-state index < -0.39 is 5.41 Å². The van der Waals surface area contributed by atoms with Crippen LogP contribution in [0, 0.1) is 45.8 Å². The molecule has 0 heterocycles. The summed E-state index contributed by atoms with van der Waals surface area (Å²) in [5.41, 5.74) is 2.10. The highest BCUT2D eigenvalue weighted by Gasteiger charge is 2.59. The van der Waals surface area contributed by atoms with Gasteiger partial charge in [0.25, 0.3) is 0 Å². The van der Waals surface area contributed by atoms with Crippen molar-refractivity contribution in [2.75, 3.05) is 0 Å². The van der Waals surface area contributed by atoms with E-state index in [-0.39, 0.29) is 12.1 Å². The van der Waals surface area contributed by atoms with Gasteiger partial charge in [-0.1, -0.05) is 71.4 Å². The maximum Gasteiger partial charge on any atom is 0.311 e. The third-order valence-electron chi connectivity index (χ3n) is 11.2. The minimum absolute atomic E-state index is 0.0374. The minimum atomic E-state index is -0.410. The van der Waals surface area contributed by atoms with Crippen molar-refractivity contribution in [1.82, 2.24) is 0 Å². The SMILES string of the molecule is CCCCCCC(C)C1CCC2C3CC=C4C[C@@H](OC(=O)C(C)(C)C)CCC4(C)C3CCC12C. The van der Waals surface area contributed by atoms with Crippen LogP contribution in [0.3, 0.4) is 0 Å². The van der Waals surface area contributed by atoms with Crippen LogP contribution in [-0.2, 0) is 9.53 Å². The number of carbonyl (C=O) groups is 1. The van der Waals surface area contributed by atoms with E-state index >= 15 is 0 Å². The molecule has 0 aromatic heterocycles. The molecule has 0 radical (unpaired) electrons. The molecule has 194 valence electrons. The van der Waals surface area contributed by atoms with E-state index in [9.17, 15) is 4.79 Å². The molecule has 7 unspecified atom stereocenters. The Kier molecular flexibility index (Phi) is 7.67. The number of rotatable bonds is 7. The Hall–Kier alpha value is -0.790. The van der Waals surface area contributed by atoms with Gasteiger partial charge in [-0.15, -0.1) is 0 Å². The van der Waals surface area contributed by atoms with Crippen molar-refractivity contribution in [3.05, 3.63) is 11.6 Å². The van der Waals surface area contributed by atoms with E-state index in [1.54, 1.807) is 5.57 Å². The highest BCUT2D eigenvalue weighted by molar-refractivity contribution is 5.75. The molecule has 3 fully saturated rings. The molecule has 2 nitrogen and oxygen atoms in total. The molecule has 0 amide bonds. The quantitative estimate of drug-likeness (QED) is 0.211. The molecule has 34 heavy (non-hydrogen) atoms. The first-order chi connectivity index (χ1) is 16.0. The van der Waals surface area contributed by atoms with Gasteiger partial charge in [-0.25, -0.2) is 0 Å². The lowest BCUT2D eigenvalue weighted by atomic mass is 9.47. The molecule has 4 aliphatic carbocycles. The van der Waals surface area contributed by atoms with Gasteiger partial charge in [-0.05, 0) is 106 Å². The number of esters is 1. The zero-order valence-electron chi connectivity index (χ0n) is 23.6. The van der Waals surface area contributed by atoms with Crippen molar-refractivity contribution in [2.24, 2.45) is 45.8 Å². The van der Waals surface area contributed by atoms with Crippen molar-refractivity contribution in [3.63, 3.8) is 0 Å². The number of ether oxygens (including phenoxy) is 1. The van der Waals surface area contributed by atoms with E-state index in [1.807, 2.05) is 20.8 Å². The zero-order chi connectivity index (χ0) is 24.7. The Bertz CT molecular complexity index is 759. The highest BCUT2D eigenvalue weighted by Crippen LogP contribution is 2.67. The molecule has 4 aliphatic rings. The molecule has 2 heteroatoms. The number of allylic oxidation sites excluding steroid dienone is 1. The summed E-state index contributed by atoms with van der Waals surface area (Å²) in [5, 5.41) is 0. The second-order valence-electron chi connectivity index (χ2n) is 14.3. The van der Waals surface area contributed by atoms with Crippen LogP contribution >= 0.6 is 0 Å². The Balaban J connectivity index is 1.43. The molecule has 0 N–H and O–H groups in total. The Morgan fingerprint density at radius 3 is 2.53 bits per heavy atom. The van der Waals surface area contributed by atoms with Crippen LogP contribution in [0.2, 0.25) is 0 Å². The van der Waals surface area contributed by atoms with Crippen LogP contribution in [-0.4, -0.2) is 12.1 Å². The summed E-state index contributed by atoms with van der Waals surface area (Å²) in [4.78, 5) is 12.5. The average Bonchev–Trinajstić information content (AvgIpc) is 3.13. The van der Waals surface area contributed by atoms with Crippen LogP contribution in [0.15, 0.2) is 11.6 Å². The summed E-state index contributed by atoms with van der Waals surface area (Å²) in [7, 11) is 0. The van der Waals surface area contributed by atoms with Crippen LogP contribution < -0.4 is 0 Å². The molecule has 0 saturated heterocycles. The average molecular weight is 471 g/mol. The van der Waals surface area contributed by atoms with Gasteiger partial charge in [-0.2, -0.15) is 0 Å². The molecular weight excluding hydrogens is 416 g/mol. The largest absolute Gasteiger partial charge is 0.462 e. The molecule has 0 spiro atoms. The van der Waals surface area contributed by atoms with E-state index in [0.29, 0.717) is 10.8 Å². The monoisotopic (exact) mass is 470 g/mol. The van der Waals surface area contributed by atoms with Crippen molar-refractivity contribution in [1.29, 1.82) is 0 Å². The van der Waals surface area contributed by atoms with Gasteiger partial charge in [0.2, 0.25) is 0 Å². The van der Waals surface area contributed by atoms with Gasteiger partial charge in [0, 0.05) is 6.42 Å². The number of hydrogen-bond acceptors (Lipinski definition) is 2. The molecule has 4 rings (SSSR count). The number of fused-ring (bicyclic) bond motifs is 5. The summed E-state index contributed by atoms with van der Waals surface area (Å²) in [5.74, 6) is 4.42. The van der Waals surface area contributed by atoms with Crippen molar-refractivity contribution in [2.45, 2.75) is 138 Å². The van der Waals surface area contributed by atoms with Crippen molar-refractivity contribution >= 4 is 5.97 Å². The fraction of sp³-hybridized carbons (Fsp3) is 0.906. The lowest BCUT2D eigenvalue weighted by molar-refractivity contribution is -0.161. The third-order valence-corrected chi connectivity index (χ3v) is 11.2. The lowest BCUT2D eigenvalue weighted by Gasteiger charge is -2.58. The maximum atomic E-state index is 12.5. The molecular formula is C32H54O2. The Morgan fingerprint density at radius 2 is 1.82 bits per heavy atom. The van der Waals surface area contributed by atoms with Crippen LogP contribution in [0.1, 0.15) is 132 Å². The minimum Gasteiger partial charge on any atom is -0.462 e. The van der Waals surface area contributed by atoms with Gasteiger partial charge in [-0.3, -0.25) is 4.79 Å². The Morgan fingerprint density at radius 1 is 1.06 bits per heavy atom. The summed E-state index contributed by atoms with van der Waals surface area (Å²) < 4.78 is 5.98. The van der Waals surface area contributed by atoms with E-state index in [2.05, 4.69) is 33.8 Å². The van der Waals surface area contributed by atoms with E-state index in [1.165, 1.54) is 70.6 Å². The van der Waals surface area contributed by atoms with Crippen LogP contribution in [0.5, 0.6) is 0 Å². The van der Waals surface area contributed by atoms with Gasteiger partial charge in [0.1, 0.15) is 6.10 Å². The van der Waals surface area contributed by atoms with Gasteiger partial charge < -0.3 is 4.74 Å². The Labute approximate surface area is 211 Å². The first kappa shape index (κ1) is 26.3. The second-order valence-corrected chi connectivity index (χ2v) is 14.3. The summed E-state index contributed by atoms with van der Waals surface area (Å²) >= 11 is 0.